The highest BCUT2D eigenvalue weighted by molar-refractivity contribution is 6.24. The topological polar surface area (TPSA) is 178 Å². The molecular weight excluding hydrogens is 576 g/mol. The number of ether oxygens (including phenoxy) is 3. The summed E-state index contributed by atoms with van der Waals surface area (Å²) in [5.74, 6) is -3.86. The molecule has 14 nitrogen and oxygen atoms in total. The Morgan fingerprint density at radius 1 is 0.864 bits per heavy atom. The molecule has 0 spiro atoms. The number of carbonyl (C=O) groups excluding carboxylic acids is 7. The first-order valence-corrected chi connectivity index (χ1v) is 14.5. The quantitative estimate of drug-likeness (QED) is 0.172. The summed E-state index contributed by atoms with van der Waals surface area (Å²) in [6.07, 6.45) is 0.0946. The molecule has 0 bridgehead atoms. The smallest absolute Gasteiger partial charge is 0.444 e. The van der Waals surface area contributed by atoms with Crippen LogP contribution in [0.2, 0.25) is 0 Å². The maximum atomic E-state index is 13.4. The van der Waals surface area contributed by atoms with Crippen LogP contribution < -0.4 is 15.4 Å². The van der Waals surface area contributed by atoms with Crippen molar-refractivity contribution in [2.75, 3.05) is 19.6 Å². The van der Waals surface area contributed by atoms with E-state index in [1.54, 1.807) is 41.5 Å². The minimum absolute atomic E-state index is 0.0636. The second-order valence-electron chi connectivity index (χ2n) is 12.4. The Bertz CT molecular complexity index is 1330. The van der Waals surface area contributed by atoms with E-state index in [0.717, 1.165) is 9.80 Å². The van der Waals surface area contributed by atoms with Crippen molar-refractivity contribution in [2.45, 2.75) is 90.9 Å². The average molecular weight is 617 g/mol. The lowest BCUT2D eigenvalue weighted by Crippen LogP contribution is -2.57. The molecule has 0 aliphatic carbocycles. The van der Waals surface area contributed by atoms with Crippen LogP contribution in [0, 0.1) is 0 Å². The van der Waals surface area contributed by atoms with Crippen LogP contribution in [-0.2, 0) is 23.9 Å². The molecule has 1 fully saturated rings. The molecule has 2 N–H and O–H groups in total. The Hall–Kier alpha value is -4.49. The molecule has 0 radical (unpaired) electrons. The van der Waals surface area contributed by atoms with Crippen molar-refractivity contribution in [3.63, 3.8) is 0 Å². The van der Waals surface area contributed by atoms with Gasteiger partial charge in [0, 0.05) is 19.5 Å². The van der Waals surface area contributed by atoms with E-state index in [1.807, 2.05) is 0 Å². The number of imide groups is 2. The van der Waals surface area contributed by atoms with Gasteiger partial charge in [0.25, 0.3) is 17.7 Å². The molecule has 2 heterocycles. The zero-order valence-corrected chi connectivity index (χ0v) is 25.9. The van der Waals surface area contributed by atoms with E-state index in [0.29, 0.717) is 25.8 Å². The molecule has 240 valence electrons. The third-order valence-electron chi connectivity index (χ3n) is 6.43. The van der Waals surface area contributed by atoms with Gasteiger partial charge in [-0.25, -0.2) is 9.59 Å². The number of alkyl carbamates (subject to hydrolysis) is 1. The number of rotatable bonds is 10. The number of nitrogens with zero attached hydrogens (tertiary/aromatic N) is 2. The van der Waals surface area contributed by atoms with E-state index in [4.69, 9.17) is 14.2 Å². The van der Waals surface area contributed by atoms with Gasteiger partial charge in [-0.05, 0) is 79.4 Å². The molecule has 1 unspecified atom stereocenters. The molecule has 1 saturated heterocycles. The van der Waals surface area contributed by atoms with Crippen LogP contribution in [0.25, 0.3) is 0 Å². The van der Waals surface area contributed by atoms with Crippen molar-refractivity contribution in [1.29, 1.82) is 0 Å². The highest BCUT2D eigenvalue weighted by Crippen LogP contribution is 2.34. The molecule has 1 atom stereocenters. The number of unbranched alkanes of at least 4 members (excludes halogenated alkanes) is 2. The van der Waals surface area contributed by atoms with Crippen LogP contribution in [-0.4, -0.2) is 88.5 Å². The molecule has 3 rings (SSSR count). The van der Waals surface area contributed by atoms with E-state index in [2.05, 4.69) is 10.6 Å². The van der Waals surface area contributed by atoms with Crippen molar-refractivity contribution in [2.24, 2.45) is 0 Å². The van der Waals surface area contributed by atoms with Crippen LogP contribution in [0.3, 0.4) is 0 Å². The fourth-order valence-corrected chi connectivity index (χ4v) is 4.59. The Morgan fingerprint density at radius 2 is 1.50 bits per heavy atom. The summed E-state index contributed by atoms with van der Waals surface area (Å²) in [7, 11) is 0. The molecule has 14 heteroatoms. The van der Waals surface area contributed by atoms with Crippen LogP contribution in [0.15, 0.2) is 18.2 Å². The summed E-state index contributed by atoms with van der Waals surface area (Å²) >= 11 is 0. The average Bonchev–Trinajstić information content (AvgIpc) is 3.14. The van der Waals surface area contributed by atoms with Gasteiger partial charge in [-0.2, -0.15) is 0 Å². The first kappa shape index (κ1) is 34.0. The van der Waals surface area contributed by atoms with Gasteiger partial charge in [0.05, 0.1) is 11.1 Å². The largest absolute Gasteiger partial charge is 0.514 e. The second kappa shape index (κ2) is 13.9. The van der Waals surface area contributed by atoms with Crippen molar-refractivity contribution in [3.8, 4) is 5.75 Å². The van der Waals surface area contributed by atoms with Crippen LogP contribution in [0.1, 0.15) is 94.4 Å². The summed E-state index contributed by atoms with van der Waals surface area (Å²) in [4.78, 5) is 90.5. The number of hydrogen-bond acceptors (Lipinski definition) is 10. The second-order valence-corrected chi connectivity index (χ2v) is 12.4. The van der Waals surface area contributed by atoms with Gasteiger partial charge in [0.15, 0.2) is 0 Å². The molecular formula is C30H40N4O10. The van der Waals surface area contributed by atoms with Crippen molar-refractivity contribution in [3.05, 3.63) is 29.3 Å². The van der Waals surface area contributed by atoms with Crippen molar-refractivity contribution in [1.82, 2.24) is 20.4 Å². The Balaban J connectivity index is 1.54. The maximum absolute atomic E-state index is 13.4. The summed E-state index contributed by atoms with van der Waals surface area (Å²) < 4.78 is 15.5. The molecule has 0 saturated carbocycles. The van der Waals surface area contributed by atoms with Crippen LogP contribution in [0.4, 0.5) is 9.59 Å². The molecule has 2 aliphatic rings. The Kier molecular flexibility index (Phi) is 10.7. The lowest BCUT2D eigenvalue weighted by Gasteiger charge is -2.34. The highest BCUT2D eigenvalue weighted by atomic mass is 16.7. The van der Waals surface area contributed by atoms with Gasteiger partial charge < -0.3 is 24.8 Å². The third-order valence-corrected chi connectivity index (χ3v) is 6.43. The van der Waals surface area contributed by atoms with Crippen molar-refractivity contribution >= 4 is 41.8 Å². The molecule has 2 aliphatic heterocycles. The fraction of sp³-hybridized carbons (Fsp3) is 0.567. The van der Waals surface area contributed by atoms with Crippen LogP contribution >= 0.6 is 0 Å². The summed E-state index contributed by atoms with van der Waals surface area (Å²) in [6, 6.07) is 2.81. The predicted molar refractivity (Wildman–Crippen MR) is 155 cm³/mol. The van der Waals surface area contributed by atoms with Gasteiger partial charge in [0.1, 0.15) is 29.5 Å². The van der Waals surface area contributed by atoms with Crippen LogP contribution in [0.5, 0.6) is 5.75 Å². The van der Waals surface area contributed by atoms with Gasteiger partial charge in [0.2, 0.25) is 11.8 Å². The zero-order chi connectivity index (χ0) is 32.8. The third kappa shape index (κ3) is 9.01. The number of amides is 6. The zero-order valence-electron chi connectivity index (χ0n) is 25.9. The molecule has 1 aromatic carbocycles. The minimum atomic E-state index is -1.32. The first-order valence-electron chi connectivity index (χ1n) is 14.5. The highest BCUT2D eigenvalue weighted by Gasteiger charge is 2.48. The van der Waals surface area contributed by atoms with E-state index in [1.165, 1.54) is 18.2 Å². The van der Waals surface area contributed by atoms with Gasteiger partial charge in [-0.3, -0.25) is 33.8 Å². The number of nitrogens with one attached hydrogen (secondary N) is 2. The monoisotopic (exact) mass is 616 g/mol. The Morgan fingerprint density at radius 3 is 2.14 bits per heavy atom. The fourth-order valence-electron chi connectivity index (χ4n) is 4.59. The molecule has 1 aromatic rings. The van der Waals surface area contributed by atoms with E-state index in [9.17, 15) is 33.6 Å². The van der Waals surface area contributed by atoms with Gasteiger partial charge >= 0.3 is 12.2 Å². The maximum Gasteiger partial charge on any atom is 0.514 e. The number of hydrogen-bond donors (Lipinski definition) is 2. The van der Waals surface area contributed by atoms with E-state index >= 15 is 0 Å². The predicted octanol–water partition coefficient (Wildman–Crippen LogP) is 2.93. The SMILES string of the molecule is CC(C)(C)OC(=O)NCCCCCNC(=O)CN1C(=O)CCC(N2C(=O)c3cccc(OC(=O)OC(C)(C)C)c3C2=O)C1=O. The lowest BCUT2D eigenvalue weighted by atomic mass is 10.0. The number of likely N-dealkylation sites (tertiary alicyclic amines) is 1. The number of piperidine rings is 1. The normalized spacial score (nSPS) is 16.9. The summed E-state index contributed by atoms with van der Waals surface area (Å²) in [6.45, 7) is 10.3. The molecule has 6 amide bonds. The van der Waals surface area contributed by atoms with E-state index < -0.39 is 65.6 Å². The number of carbonyl (C=O) groups is 7. The molecule has 0 aromatic heterocycles. The first-order chi connectivity index (χ1) is 20.5. The standard InChI is InChI=1S/C30H40N4O10/c1-29(2,3)43-27(40)32-16-9-7-8-15-31-21(35)17-33-22(36)14-13-19(25(33)38)34-24(37)18-11-10-12-20(23(18)26(34)39)42-28(41)44-30(4,5)6/h10-12,19H,7-9,13-17H2,1-6H3,(H,31,35)(H,32,40). The number of fused-ring (bicyclic) bond motifs is 1. The summed E-state index contributed by atoms with van der Waals surface area (Å²) in [5.41, 5.74) is -1.71. The van der Waals surface area contributed by atoms with Gasteiger partial charge in [-0.15, -0.1) is 0 Å². The minimum Gasteiger partial charge on any atom is -0.444 e. The molecule has 44 heavy (non-hydrogen) atoms. The van der Waals surface area contributed by atoms with Crippen molar-refractivity contribution < 1.29 is 47.8 Å². The Labute approximate surface area is 255 Å². The number of benzene rings is 1. The van der Waals surface area contributed by atoms with E-state index in [-0.39, 0.29) is 36.3 Å². The lowest BCUT2D eigenvalue weighted by molar-refractivity contribution is -0.154. The van der Waals surface area contributed by atoms with Gasteiger partial charge in [-0.1, -0.05) is 6.07 Å². The summed E-state index contributed by atoms with van der Waals surface area (Å²) in [5, 5.41) is 5.31.